The maximum atomic E-state index is 11.2. The van der Waals surface area contributed by atoms with E-state index in [1.807, 2.05) is 37.1 Å². The number of carbonyl (C=O) groups excluding carboxylic acids is 2. The highest BCUT2D eigenvalue weighted by Gasteiger charge is 2.25. The summed E-state index contributed by atoms with van der Waals surface area (Å²) in [5, 5.41) is 2.58. The lowest BCUT2D eigenvalue weighted by Gasteiger charge is -2.23. The summed E-state index contributed by atoms with van der Waals surface area (Å²) in [5.41, 5.74) is 2.60. The molecule has 1 saturated heterocycles. The van der Waals surface area contributed by atoms with Gasteiger partial charge in [0.05, 0.1) is 0 Å². The molecule has 1 aliphatic rings. The molecule has 1 amide bonds. The number of hydrogen-bond donors (Lipinski definition) is 1. The molecule has 0 aromatic heterocycles. The zero-order chi connectivity index (χ0) is 11.5. The molecule has 1 N–H and O–H groups in total. The highest BCUT2D eigenvalue weighted by Crippen LogP contribution is 2.29. The fourth-order valence-electron chi connectivity index (χ4n) is 1.95. The molecule has 0 bridgehead atoms. The molecular weight excluding hydrogens is 202 g/mol. The van der Waals surface area contributed by atoms with E-state index in [2.05, 4.69) is 5.32 Å². The summed E-state index contributed by atoms with van der Waals surface area (Å²) in [6, 6.07) is 8.01. The van der Waals surface area contributed by atoms with Crippen LogP contribution in [0.15, 0.2) is 30.0 Å². The Morgan fingerprint density at radius 1 is 1.31 bits per heavy atom. The summed E-state index contributed by atoms with van der Waals surface area (Å²) in [5.74, 6) is 1.72. The van der Waals surface area contributed by atoms with Gasteiger partial charge in [-0.3, -0.25) is 4.79 Å². The molecule has 1 aromatic carbocycles. The molecule has 0 aliphatic carbocycles. The van der Waals surface area contributed by atoms with Gasteiger partial charge in [-0.15, -0.1) is 0 Å². The van der Waals surface area contributed by atoms with Gasteiger partial charge in [0, 0.05) is 12.3 Å². The van der Waals surface area contributed by atoms with E-state index in [0.29, 0.717) is 18.5 Å². The molecule has 2 rings (SSSR count). The summed E-state index contributed by atoms with van der Waals surface area (Å²) < 4.78 is 0. The van der Waals surface area contributed by atoms with E-state index in [-0.39, 0.29) is 11.8 Å². The summed E-state index contributed by atoms with van der Waals surface area (Å²) in [6.45, 7) is 2.02. The number of aryl methyl sites for hydroxylation is 1. The zero-order valence-electron chi connectivity index (χ0n) is 9.12. The lowest BCUT2D eigenvalue weighted by Crippen LogP contribution is -2.32. The number of piperidine rings is 1. The van der Waals surface area contributed by atoms with E-state index in [1.54, 1.807) is 0 Å². The quantitative estimate of drug-likeness (QED) is 0.725. The summed E-state index contributed by atoms with van der Waals surface area (Å²) in [6.07, 6.45) is 1.14. The van der Waals surface area contributed by atoms with Gasteiger partial charge in [-0.05, 0) is 18.9 Å². The van der Waals surface area contributed by atoms with E-state index in [9.17, 15) is 9.59 Å². The Morgan fingerprint density at radius 3 is 2.62 bits per heavy atom. The highest BCUT2D eigenvalue weighted by molar-refractivity contribution is 5.82. The maximum absolute atomic E-state index is 11.2. The predicted octanol–water partition coefficient (Wildman–Crippen LogP) is 1.70. The molecular formula is C13H13NO2. The van der Waals surface area contributed by atoms with E-state index in [0.717, 1.165) is 5.56 Å². The average molecular weight is 215 g/mol. The molecule has 1 atom stereocenters. The lowest BCUT2D eigenvalue weighted by atomic mass is 9.88. The third kappa shape index (κ3) is 2.05. The van der Waals surface area contributed by atoms with E-state index in [1.165, 1.54) is 5.56 Å². The van der Waals surface area contributed by atoms with Crippen molar-refractivity contribution in [2.24, 2.45) is 0 Å². The Hall–Kier alpha value is -1.86. The van der Waals surface area contributed by atoms with Gasteiger partial charge in [0.15, 0.2) is 0 Å². The molecule has 1 unspecified atom stereocenters. The van der Waals surface area contributed by atoms with Crippen LogP contribution in [0.1, 0.15) is 29.9 Å². The minimum absolute atomic E-state index is 0.0178. The molecule has 0 saturated carbocycles. The third-order valence-electron chi connectivity index (χ3n) is 2.87. The van der Waals surface area contributed by atoms with Crippen LogP contribution in [0.25, 0.3) is 0 Å². The first-order chi connectivity index (χ1) is 7.70. The Kier molecular flexibility index (Phi) is 2.88. The third-order valence-corrected chi connectivity index (χ3v) is 2.87. The first-order valence-corrected chi connectivity index (χ1v) is 5.32. The number of benzene rings is 1. The van der Waals surface area contributed by atoms with Gasteiger partial charge in [0.25, 0.3) is 0 Å². The number of carbonyl (C=O) groups is 1. The van der Waals surface area contributed by atoms with E-state index >= 15 is 0 Å². The molecule has 82 valence electrons. The van der Waals surface area contributed by atoms with Crippen LogP contribution in [0.4, 0.5) is 0 Å². The molecule has 0 spiro atoms. The van der Waals surface area contributed by atoms with Crippen LogP contribution in [0, 0.1) is 6.92 Å². The molecule has 1 heterocycles. The van der Waals surface area contributed by atoms with E-state index < -0.39 is 0 Å². The van der Waals surface area contributed by atoms with Gasteiger partial charge >= 0.3 is 0 Å². The Bertz CT molecular complexity index is 455. The van der Waals surface area contributed by atoms with Crippen molar-refractivity contribution in [3.63, 3.8) is 0 Å². The number of nitrogens with one attached hydrogen (secondary N) is 1. The lowest BCUT2D eigenvalue weighted by molar-refractivity contribution is -0.121. The van der Waals surface area contributed by atoms with Crippen molar-refractivity contribution in [1.82, 2.24) is 5.32 Å². The van der Waals surface area contributed by atoms with Gasteiger partial charge in [-0.25, -0.2) is 4.79 Å². The largest absolute Gasteiger partial charge is 0.320 e. The van der Waals surface area contributed by atoms with Crippen molar-refractivity contribution in [3.05, 3.63) is 41.1 Å². The van der Waals surface area contributed by atoms with Gasteiger partial charge in [-0.1, -0.05) is 29.8 Å². The standard InChI is InChI=1S/C13H13NO2/c1-9-2-4-10(5-3-9)11-6-7-13(16)14-12(11)8-15/h2-5,11H,6-7H2,1H3,(H,14,16). The van der Waals surface area contributed by atoms with Gasteiger partial charge in [0.1, 0.15) is 11.6 Å². The average Bonchev–Trinajstić information content (AvgIpc) is 2.30. The predicted molar refractivity (Wildman–Crippen MR) is 60.5 cm³/mol. The highest BCUT2D eigenvalue weighted by atomic mass is 16.2. The second kappa shape index (κ2) is 4.33. The van der Waals surface area contributed by atoms with Crippen molar-refractivity contribution in [3.8, 4) is 0 Å². The number of rotatable bonds is 1. The Labute approximate surface area is 94.2 Å². The van der Waals surface area contributed by atoms with Crippen LogP contribution in [0.5, 0.6) is 0 Å². The van der Waals surface area contributed by atoms with Crippen molar-refractivity contribution in [2.75, 3.05) is 0 Å². The molecule has 3 nitrogen and oxygen atoms in total. The first kappa shape index (κ1) is 10.7. The smallest absolute Gasteiger partial charge is 0.224 e. The number of allylic oxidation sites excluding steroid dienone is 1. The normalized spacial score (nSPS) is 20.2. The molecule has 3 heteroatoms. The van der Waals surface area contributed by atoms with Crippen LogP contribution < -0.4 is 5.32 Å². The van der Waals surface area contributed by atoms with Crippen LogP contribution >= 0.6 is 0 Å². The van der Waals surface area contributed by atoms with Gasteiger partial charge < -0.3 is 5.32 Å². The minimum Gasteiger partial charge on any atom is -0.320 e. The molecule has 1 aromatic rings. The Balaban J connectivity index is 2.29. The number of amides is 1. The zero-order valence-corrected chi connectivity index (χ0v) is 9.12. The van der Waals surface area contributed by atoms with Crippen LogP contribution in [-0.2, 0) is 9.59 Å². The summed E-state index contributed by atoms with van der Waals surface area (Å²) in [4.78, 5) is 21.9. The van der Waals surface area contributed by atoms with Crippen molar-refractivity contribution < 1.29 is 9.59 Å². The van der Waals surface area contributed by atoms with Crippen molar-refractivity contribution in [1.29, 1.82) is 0 Å². The second-order valence-corrected chi connectivity index (χ2v) is 4.07. The molecule has 1 aliphatic heterocycles. The maximum Gasteiger partial charge on any atom is 0.224 e. The van der Waals surface area contributed by atoms with Crippen LogP contribution in [-0.4, -0.2) is 11.8 Å². The second-order valence-electron chi connectivity index (χ2n) is 4.07. The van der Waals surface area contributed by atoms with Crippen LogP contribution in [0.2, 0.25) is 0 Å². The van der Waals surface area contributed by atoms with E-state index in [4.69, 9.17) is 0 Å². The van der Waals surface area contributed by atoms with Gasteiger partial charge in [0.2, 0.25) is 5.91 Å². The number of hydrogen-bond acceptors (Lipinski definition) is 2. The first-order valence-electron chi connectivity index (χ1n) is 5.32. The molecule has 1 fully saturated rings. The molecule has 16 heavy (non-hydrogen) atoms. The minimum atomic E-state index is -0.0956. The van der Waals surface area contributed by atoms with Crippen molar-refractivity contribution >= 4 is 11.8 Å². The molecule has 0 radical (unpaired) electrons. The monoisotopic (exact) mass is 215 g/mol. The fraction of sp³-hybridized carbons (Fsp3) is 0.308. The summed E-state index contributed by atoms with van der Waals surface area (Å²) >= 11 is 0. The SMILES string of the molecule is Cc1ccc(C2CCC(=O)NC2=C=O)cc1. The topological polar surface area (TPSA) is 46.2 Å². The van der Waals surface area contributed by atoms with Crippen LogP contribution in [0.3, 0.4) is 0 Å². The Morgan fingerprint density at radius 2 is 2.00 bits per heavy atom. The fourth-order valence-corrected chi connectivity index (χ4v) is 1.95. The van der Waals surface area contributed by atoms with Crippen molar-refractivity contribution in [2.45, 2.75) is 25.7 Å². The summed E-state index contributed by atoms with van der Waals surface area (Å²) in [7, 11) is 0. The van der Waals surface area contributed by atoms with Gasteiger partial charge in [-0.2, -0.15) is 0 Å².